The van der Waals surface area contributed by atoms with Crippen LogP contribution in [0, 0.1) is 12.0 Å². The quantitative estimate of drug-likeness (QED) is 0.382. The number of nitrogens with zero attached hydrogens (tertiary/aromatic N) is 5. The minimum absolute atomic E-state index is 0.0816. The highest BCUT2D eigenvalue weighted by atomic mass is 16.2. The van der Waals surface area contributed by atoms with Gasteiger partial charge in [0.25, 0.3) is 0 Å². The van der Waals surface area contributed by atoms with E-state index in [9.17, 15) is 4.79 Å². The first kappa shape index (κ1) is 24.3. The zero-order valence-electron chi connectivity index (χ0n) is 21.5. The molecule has 1 unspecified atom stereocenters. The average Bonchev–Trinajstić information content (AvgIpc) is 3.69. The molecular weight excluding hydrogens is 478 g/mol. The topological polar surface area (TPSA) is 125 Å². The number of rotatable bonds is 5. The number of hydrogen-bond acceptors (Lipinski definition) is 6. The van der Waals surface area contributed by atoms with Gasteiger partial charge in [0, 0.05) is 48.2 Å². The Bertz CT molecular complexity index is 1300. The van der Waals surface area contributed by atoms with Gasteiger partial charge >= 0.3 is 12.0 Å². The monoisotopic (exact) mass is 512 g/mol. The van der Waals surface area contributed by atoms with Crippen LogP contribution in [-0.4, -0.2) is 43.3 Å². The number of H-pyrrole nitrogens is 1. The number of amides is 2. The summed E-state index contributed by atoms with van der Waals surface area (Å²) in [5.41, 5.74) is 3.70. The minimum atomic E-state index is -0.0816. The van der Waals surface area contributed by atoms with Crippen LogP contribution >= 0.6 is 0 Å². The van der Waals surface area contributed by atoms with Gasteiger partial charge in [0.2, 0.25) is 5.82 Å². The van der Waals surface area contributed by atoms with Crippen LogP contribution in [-0.2, 0) is 12.8 Å². The van der Waals surface area contributed by atoms with E-state index < -0.39 is 0 Å². The van der Waals surface area contributed by atoms with Gasteiger partial charge in [-0.15, -0.1) is 0 Å². The van der Waals surface area contributed by atoms with Crippen molar-refractivity contribution in [2.24, 2.45) is 5.92 Å². The Hall–Kier alpha value is -4.00. The van der Waals surface area contributed by atoms with Crippen LogP contribution < -0.4 is 16.0 Å². The summed E-state index contributed by atoms with van der Waals surface area (Å²) in [5.74, 6) is 2.61. The summed E-state index contributed by atoms with van der Waals surface area (Å²) in [6, 6.07) is 9.38. The van der Waals surface area contributed by atoms with E-state index in [-0.39, 0.29) is 24.0 Å². The summed E-state index contributed by atoms with van der Waals surface area (Å²) < 4.78 is 0. The SMILES string of the molecule is O=C(NC1CCC(C#[N+]c2nccc(Nc3cc(C4CCCC4)[nH]n3)n2)CC1)NC1Cc2ccncc2C1. The van der Waals surface area contributed by atoms with Gasteiger partial charge in [0.15, 0.2) is 5.82 Å². The van der Waals surface area contributed by atoms with E-state index in [1.807, 2.05) is 24.5 Å². The average molecular weight is 513 g/mol. The lowest BCUT2D eigenvalue weighted by Gasteiger charge is -2.26. The first-order chi connectivity index (χ1) is 18.7. The molecule has 3 aliphatic rings. The van der Waals surface area contributed by atoms with Crippen LogP contribution in [0.4, 0.5) is 22.4 Å². The van der Waals surface area contributed by atoms with Crippen molar-refractivity contribution in [3.8, 4) is 6.07 Å². The number of pyridine rings is 1. The molecule has 0 bridgehead atoms. The molecule has 38 heavy (non-hydrogen) atoms. The summed E-state index contributed by atoms with van der Waals surface area (Å²) in [6.07, 6.45) is 15.8. The molecule has 196 valence electrons. The van der Waals surface area contributed by atoms with Crippen molar-refractivity contribution < 1.29 is 4.79 Å². The largest absolute Gasteiger partial charge is 0.532 e. The molecule has 10 heteroatoms. The molecule has 0 radical (unpaired) electrons. The lowest BCUT2D eigenvalue weighted by molar-refractivity contribution is 0.227. The Labute approximate surface area is 222 Å². The third-order valence-electron chi connectivity index (χ3n) is 7.97. The van der Waals surface area contributed by atoms with Crippen molar-refractivity contribution in [1.29, 1.82) is 0 Å². The molecule has 0 aliphatic heterocycles. The maximum Gasteiger partial charge on any atom is 0.532 e. The first-order valence-corrected chi connectivity index (χ1v) is 13.8. The van der Waals surface area contributed by atoms with E-state index in [1.165, 1.54) is 42.5 Å². The first-order valence-electron chi connectivity index (χ1n) is 13.8. The molecular formula is C28H34N9O+. The Kier molecular flexibility index (Phi) is 7.16. The highest BCUT2D eigenvalue weighted by molar-refractivity contribution is 5.74. The van der Waals surface area contributed by atoms with Gasteiger partial charge in [-0.2, -0.15) is 9.94 Å². The number of urea groups is 1. The fourth-order valence-electron chi connectivity index (χ4n) is 5.92. The van der Waals surface area contributed by atoms with E-state index >= 15 is 0 Å². The number of hydrogen-bond donors (Lipinski definition) is 4. The predicted octanol–water partition coefficient (Wildman–Crippen LogP) is 4.99. The smallest absolute Gasteiger partial charge is 0.335 e. The summed E-state index contributed by atoms with van der Waals surface area (Å²) in [7, 11) is 0. The zero-order chi connectivity index (χ0) is 25.7. The molecule has 6 rings (SSSR count). The molecule has 2 amide bonds. The third-order valence-corrected chi connectivity index (χ3v) is 7.97. The van der Waals surface area contributed by atoms with E-state index in [0.29, 0.717) is 17.7 Å². The molecule has 4 N–H and O–H groups in total. The van der Waals surface area contributed by atoms with Crippen molar-refractivity contribution in [2.75, 3.05) is 5.32 Å². The molecule has 1 atom stereocenters. The summed E-state index contributed by atoms with van der Waals surface area (Å²) in [6.45, 7) is 0. The number of carbonyl (C=O) groups excluding carboxylic acids is 1. The van der Waals surface area contributed by atoms with Crippen LogP contribution in [0.25, 0.3) is 4.85 Å². The van der Waals surface area contributed by atoms with E-state index in [2.05, 4.69) is 58.1 Å². The second-order valence-corrected chi connectivity index (χ2v) is 10.7. The van der Waals surface area contributed by atoms with Gasteiger partial charge in [-0.1, -0.05) is 17.8 Å². The molecule has 3 aromatic rings. The molecule has 10 nitrogen and oxygen atoms in total. The Morgan fingerprint density at radius 2 is 1.76 bits per heavy atom. The van der Waals surface area contributed by atoms with Gasteiger partial charge in [0.1, 0.15) is 12.3 Å². The zero-order valence-corrected chi connectivity index (χ0v) is 21.5. The Balaban J connectivity index is 0.957. The van der Waals surface area contributed by atoms with Crippen LogP contribution in [0.3, 0.4) is 0 Å². The van der Waals surface area contributed by atoms with Crippen molar-refractivity contribution >= 4 is 23.6 Å². The number of nitrogens with one attached hydrogen (secondary N) is 4. The van der Waals surface area contributed by atoms with Crippen molar-refractivity contribution in [3.05, 3.63) is 58.5 Å². The number of carbonyl (C=O) groups is 1. The molecule has 3 aromatic heterocycles. The molecule has 2 saturated carbocycles. The fraction of sp³-hybridized carbons (Fsp3) is 0.500. The summed E-state index contributed by atoms with van der Waals surface area (Å²) >= 11 is 0. The third kappa shape index (κ3) is 5.93. The lowest BCUT2D eigenvalue weighted by Crippen LogP contribution is -2.47. The lowest BCUT2D eigenvalue weighted by atomic mass is 9.87. The summed E-state index contributed by atoms with van der Waals surface area (Å²) in [4.78, 5) is 29.9. The second-order valence-electron chi connectivity index (χ2n) is 10.7. The predicted molar refractivity (Wildman–Crippen MR) is 145 cm³/mol. The standard InChI is InChI=1S/C28H33N9O/c38-28(33-23-13-20-9-11-29-17-21(20)14-23)32-22-7-5-18(6-8-22)16-31-27-30-12-10-25(35-27)34-26-15-24(36-37-26)19-3-1-2-4-19/h9-12,15,17-19,22-23H,1-8,13-14H2,(H3-,30,32,33,34,35,36,37,38)/p+1. The molecule has 0 saturated heterocycles. The van der Waals surface area contributed by atoms with Gasteiger partial charge in [-0.05, 0) is 73.5 Å². The number of aromatic nitrogens is 5. The molecule has 3 aliphatic carbocycles. The van der Waals surface area contributed by atoms with Gasteiger partial charge < -0.3 is 16.0 Å². The van der Waals surface area contributed by atoms with Crippen LogP contribution in [0.15, 0.2) is 36.8 Å². The van der Waals surface area contributed by atoms with Crippen molar-refractivity contribution in [3.63, 3.8) is 0 Å². The van der Waals surface area contributed by atoms with E-state index in [0.717, 1.165) is 44.3 Å². The Morgan fingerprint density at radius 3 is 2.61 bits per heavy atom. The highest BCUT2D eigenvalue weighted by Crippen LogP contribution is 2.34. The van der Waals surface area contributed by atoms with Crippen LogP contribution in [0.5, 0.6) is 0 Å². The number of anilines is 2. The molecule has 2 fully saturated rings. The van der Waals surface area contributed by atoms with Crippen LogP contribution in [0.1, 0.15) is 74.1 Å². The molecule has 0 aromatic carbocycles. The van der Waals surface area contributed by atoms with E-state index in [4.69, 9.17) is 0 Å². The maximum atomic E-state index is 12.5. The normalized spacial score (nSPS) is 22.8. The second kappa shape index (κ2) is 11.2. The maximum absolute atomic E-state index is 12.5. The Morgan fingerprint density at radius 1 is 0.947 bits per heavy atom. The van der Waals surface area contributed by atoms with Gasteiger partial charge in [0.05, 0.1) is 5.92 Å². The fourth-order valence-corrected chi connectivity index (χ4v) is 5.92. The van der Waals surface area contributed by atoms with Gasteiger partial charge in [-0.3, -0.25) is 10.1 Å². The van der Waals surface area contributed by atoms with Gasteiger partial charge in [-0.25, -0.2) is 4.79 Å². The van der Waals surface area contributed by atoms with E-state index in [1.54, 1.807) is 6.20 Å². The van der Waals surface area contributed by atoms with Crippen LogP contribution in [0.2, 0.25) is 0 Å². The number of aromatic amines is 1. The van der Waals surface area contributed by atoms with Crippen molar-refractivity contribution in [1.82, 2.24) is 35.8 Å². The molecule has 0 spiro atoms. The van der Waals surface area contributed by atoms with Crippen molar-refractivity contribution in [2.45, 2.75) is 82.2 Å². The molecule has 3 heterocycles. The highest BCUT2D eigenvalue weighted by Gasteiger charge is 2.26. The number of fused-ring (bicyclic) bond motifs is 1. The minimum Gasteiger partial charge on any atom is -0.335 e. The summed E-state index contributed by atoms with van der Waals surface area (Å²) in [5, 5.41) is 17.1.